The molecule has 0 bridgehead atoms. The third-order valence-corrected chi connectivity index (χ3v) is 3.77. The van der Waals surface area contributed by atoms with Crippen molar-refractivity contribution in [1.29, 1.82) is 0 Å². The molecule has 1 aliphatic carbocycles. The summed E-state index contributed by atoms with van der Waals surface area (Å²) in [7, 11) is 1.77. The molecular formula is C14H17NO. The Morgan fingerprint density at radius 2 is 2.12 bits per heavy atom. The number of nitrogens with zero attached hydrogens (tertiary/aromatic N) is 1. The minimum atomic E-state index is 0.480. The van der Waals surface area contributed by atoms with Crippen molar-refractivity contribution in [3.8, 4) is 0 Å². The van der Waals surface area contributed by atoms with Crippen LogP contribution in [-0.4, -0.2) is 26.0 Å². The Bertz CT molecular complexity index is 464. The van der Waals surface area contributed by atoms with E-state index in [1.165, 1.54) is 22.3 Å². The standard InChI is InChI=1S/C14H17NO/c1-8-4-9(2)12-10(5-8)6-15-14-11(7-16-3)13(12)14/h4-6,11,13-14H,7H2,1-3H3. The fourth-order valence-electron chi connectivity index (χ4n) is 3.08. The third-order valence-electron chi connectivity index (χ3n) is 3.77. The van der Waals surface area contributed by atoms with E-state index in [2.05, 4.69) is 31.0 Å². The van der Waals surface area contributed by atoms with Crippen molar-refractivity contribution in [2.45, 2.75) is 25.8 Å². The summed E-state index contributed by atoms with van der Waals surface area (Å²) in [5, 5.41) is 0. The molecule has 2 nitrogen and oxygen atoms in total. The van der Waals surface area contributed by atoms with Gasteiger partial charge in [-0.1, -0.05) is 17.7 Å². The maximum Gasteiger partial charge on any atom is 0.0629 e. The van der Waals surface area contributed by atoms with Crippen LogP contribution in [0.3, 0.4) is 0 Å². The van der Waals surface area contributed by atoms with Crippen LogP contribution in [0.5, 0.6) is 0 Å². The zero-order chi connectivity index (χ0) is 11.3. The van der Waals surface area contributed by atoms with Gasteiger partial charge in [-0.2, -0.15) is 0 Å². The van der Waals surface area contributed by atoms with Crippen LogP contribution in [0.25, 0.3) is 0 Å². The maximum atomic E-state index is 5.26. The number of methoxy groups -OCH3 is 1. The molecule has 0 radical (unpaired) electrons. The van der Waals surface area contributed by atoms with Gasteiger partial charge in [-0.25, -0.2) is 0 Å². The van der Waals surface area contributed by atoms with Crippen LogP contribution in [0.2, 0.25) is 0 Å². The first kappa shape index (κ1) is 10.0. The maximum absolute atomic E-state index is 5.26. The lowest BCUT2D eigenvalue weighted by Gasteiger charge is -2.13. The molecule has 3 atom stereocenters. The Labute approximate surface area is 96.3 Å². The highest BCUT2D eigenvalue weighted by Gasteiger charge is 2.53. The molecule has 1 aromatic carbocycles. The Hall–Kier alpha value is -1.15. The lowest BCUT2D eigenvalue weighted by atomic mass is 9.94. The molecule has 3 unspecified atom stereocenters. The van der Waals surface area contributed by atoms with Gasteiger partial charge in [-0.15, -0.1) is 0 Å². The lowest BCUT2D eigenvalue weighted by molar-refractivity contribution is 0.183. The van der Waals surface area contributed by atoms with Gasteiger partial charge in [-0.3, -0.25) is 4.99 Å². The summed E-state index contributed by atoms with van der Waals surface area (Å²) in [6.45, 7) is 5.19. The van der Waals surface area contributed by atoms with Crippen LogP contribution in [0.1, 0.15) is 28.2 Å². The molecule has 1 aliphatic heterocycles. The highest BCUT2D eigenvalue weighted by Crippen LogP contribution is 2.53. The normalized spacial score (nSPS) is 29.8. The number of benzene rings is 1. The monoisotopic (exact) mass is 215 g/mol. The number of hydrogen-bond donors (Lipinski definition) is 0. The summed E-state index contributed by atoms with van der Waals surface area (Å²) in [6, 6.07) is 5.00. The third kappa shape index (κ3) is 1.33. The molecule has 1 saturated carbocycles. The topological polar surface area (TPSA) is 21.6 Å². The molecule has 1 heterocycles. The predicted octanol–water partition coefficient (Wildman–Crippen LogP) is 2.46. The Morgan fingerprint density at radius 1 is 1.31 bits per heavy atom. The summed E-state index contributed by atoms with van der Waals surface area (Å²) < 4.78 is 5.26. The average Bonchev–Trinajstić information content (AvgIpc) is 2.91. The molecule has 0 amide bonds. The van der Waals surface area contributed by atoms with Gasteiger partial charge in [-0.05, 0) is 30.5 Å². The molecule has 0 aromatic heterocycles. The molecule has 1 aromatic rings. The number of aryl methyl sites for hydroxylation is 2. The molecule has 0 N–H and O–H groups in total. The Balaban J connectivity index is 2.02. The number of fused-ring (bicyclic) bond motifs is 3. The molecule has 2 aliphatic rings. The highest BCUT2D eigenvalue weighted by molar-refractivity contribution is 5.86. The van der Waals surface area contributed by atoms with Crippen LogP contribution in [0.15, 0.2) is 17.1 Å². The molecule has 3 rings (SSSR count). The first-order chi connectivity index (χ1) is 7.72. The second-order valence-electron chi connectivity index (χ2n) is 5.00. The molecule has 16 heavy (non-hydrogen) atoms. The van der Waals surface area contributed by atoms with Crippen molar-refractivity contribution in [1.82, 2.24) is 0 Å². The number of hydrogen-bond acceptors (Lipinski definition) is 2. The Morgan fingerprint density at radius 3 is 2.88 bits per heavy atom. The van der Waals surface area contributed by atoms with E-state index in [4.69, 9.17) is 4.74 Å². The number of rotatable bonds is 2. The van der Waals surface area contributed by atoms with Crippen LogP contribution in [-0.2, 0) is 4.74 Å². The molecular weight excluding hydrogens is 198 g/mol. The van der Waals surface area contributed by atoms with Crippen LogP contribution < -0.4 is 0 Å². The summed E-state index contributed by atoms with van der Waals surface area (Å²) in [4.78, 5) is 4.62. The first-order valence-corrected chi connectivity index (χ1v) is 5.85. The van der Waals surface area contributed by atoms with Crippen LogP contribution in [0.4, 0.5) is 0 Å². The van der Waals surface area contributed by atoms with Crippen molar-refractivity contribution in [2.75, 3.05) is 13.7 Å². The minimum absolute atomic E-state index is 0.480. The van der Waals surface area contributed by atoms with Crippen molar-refractivity contribution in [3.05, 3.63) is 34.4 Å². The molecule has 84 valence electrons. The van der Waals surface area contributed by atoms with Gasteiger partial charge >= 0.3 is 0 Å². The fraction of sp³-hybridized carbons (Fsp3) is 0.500. The van der Waals surface area contributed by atoms with Crippen molar-refractivity contribution >= 4 is 6.21 Å². The number of aliphatic imine (C=N–C) groups is 1. The van der Waals surface area contributed by atoms with Crippen LogP contribution in [0, 0.1) is 19.8 Å². The molecule has 0 saturated heterocycles. The van der Waals surface area contributed by atoms with E-state index >= 15 is 0 Å². The summed E-state index contributed by atoms with van der Waals surface area (Å²) in [5.74, 6) is 1.21. The summed E-state index contributed by atoms with van der Waals surface area (Å²) >= 11 is 0. The van der Waals surface area contributed by atoms with Gasteiger partial charge in [0.15, 0.2) is 0 Å². The fourth-order valence-corrected chi connectivity index (χ4v) is 3.08. The van der Waals surface area contributed by atoms with Gasteiger partial charge < -0.3 is 4.74 Å². The highest BCUT2D eigenvalue weighted by atomic mass is 16.5. The van der Waals surface area contributed by atoms with E-state index < -0.39 is 0 Å². The van der Waals surface area contributed by atoms with E-state index in [0.29, 0.717) is 17.9 Å². The quantitative estimate of drug-likeness (QED) is 0.742. The van der Waals surface area contributed by atoms with Crippen molar-refractivity contribution in [2.24, 2.45) is 10.9 Å². The van der Waals surface area contributed by atoms with E-state index in [1.807, 2.05) is 6.21 Å². The summed E-state index contributed by atoms with van der Waals surface area (Å²) in [5.41, 5.74) is 5.56. The van der Waals surface area contributed by atoms with Gasteiger partial charge in [0.25, 0.3) is 0 Å². The molecule has 1 fully saturated rings. The van der Waals surface area contributed by atoms with E-state index in [0.717, 1.165) is 6.61 Å². The zero-order valence-electron chi connectivity index (χ0n) is 10.0. The predicted molar refractivity (Wildman–Crippen MR) is 65.4 cm³/mol. The molecule has 2 heteroatoms. The van der Waals surface area contributed by atoms with Gasteiger partial charge in [0, 0.05) is 25.2 Å². The van der Waals surface area contributed by atoms with E-state index in [9.17, 15) is 0 Å². The largest absolute Gasteiger partial charge is 0.384 e. The first-order valence-electron chi connectivity index (χ1n) is 5.85. The van der Waals surface area contributed by atoms with Crippen molar-refractivity contribution < 1.29 is 4.74 Å². The summed E-state index contributed by atoms with van der Waals surface area (Å²) in [6.07, 6.45) is 2.05. The zero-order valence-corrected chi connectivity index (χ0v) is 10.0. The minimum Gasteiger partial charge on any atom is -0.384 e. The smallest absolute Gasteiger partial charge is 0.0629 e. The van der Waals surface area contributed by atoms with Crippen molar-refractivity contribution in [3.63, 3.8) is 0 Å². The molecule has 0 spiro atoms. The second-order valence-corrected chi connectivity index (χ2v) is 5.00. The Kier molecular flexibility index (Phi) is 2.15. The van der Waals surface area contributed by atoms with Gasteiger partial charge in [0.1, 0.15) is 0 Å². The van der Waals surface area contributed by atoms with Crippen LogP contribution >= 0.6 is 0 Å². The second kappa shape index (κ2) is 3.42. The van der Waals surface area contributed by atoms with E-state index in [-0.39, 0.29) is 0 Å². The average molecular weight is 215 g/mol. The SMILES string of the molecule is COCC1C2N=Cc3cc(C)cc(C)c3C12. The van der Waals surface area contributed by atoms with Gasteiger partial charge in [0.2, 0.25) is 0 Å². The lowest BCUT2D eigenvalue weighted by Crippen LogP contribution is -2.03. The van der Waals surface area contributed by atoms with E-state index in [1.54, 1.807) is 7.11 Å². The number of ether oxygens (including phenoxy) is 1. The van der Waals surface area contributed by atoms with Gasteiger partial charge in [0.05, 0.1) is 12.6 Å².